The van der Waals surface area contributed by atoms with Crippen LogP contribution in [-0.2, 0) is 0 Å². The van der Waals surface area contributed by atoms with Gasteiger partial charge in [-0.05, 0) is 81.9 Å². The Kier molecular flexibility index (Phi) is 15.4. The second-order valence-corrected chi connectivity index (χ2v) is 25.5. The molecule has 468 valence electrons. The maximum Gasteiger partial charge on any atom is 0.160 e. The van der Waals surface area contributed by atoms with Crippen LogP contribution in [0.4, 0.5) is 0 Å². The lowest BCUT2D eigenvalue weighted by molar-refractivity contribution is 1.18. The molecular formula is C88H54N10S2. The molecule has 0 aliphatic heterocycles. The summed E-state index contributed by atoms with van der Waals surface area (Å²) in [5, 5.41) is 6.55. The summed E-state index contributed by atoms with van der Waals surface area (Å²) >= 11 is 2.50. The van der Waals surface area contributed by atoms with Crippen LogP contribution in [0.1, 0.15) is 0 Å². The first-order valence-electron chi connectivity index (χ1n) is 32.9. The van der Waals surface area contributed by atoms with Crippen molar-refractivity contribution in [3.8, 4) is 124 Å². The molecule has 0 saturated carbocycles. The lowest BCUT2D eigenvalue weighted by Crippen LogP contribution is -1.96. The first-order chi connectivity index (χ1) is 49.5. The molecule has 0 spiro atoms. The van der Waals surface area contributed by atoms with Crippen molar-refractivity contribution in [2.75, 3.05) is 0 Å². The number of nitrogens with zero attached hydrogens (tertiary/aromatic N) is 10. The third kappa shape index (κ3) is 11.4. The normalized spacial score (nSPS) is 11.4. The fraction of sp³-hybridized carbons (Fsp3) is 0. The first-order valence-corrected chi connectivity index (χ1v) is 34.4. The number of benzene rings is 13. The van der Waals surface area contributed by atoms with Crippen LogP contribution in [0.15, 0.2) is 328 Å². The second kappa shape index (κ2) is 25.9. The van der Waals surface area contributed by atoms with Crippen molar-refractivity contribution < 1.29 is 0 Å². The Morgan fingerprint density at radius 3 is 0.820 bits per heavy atom. The summed E-state index contributed by atoms with van der Waals surface area (Å²) in [5.41, 5.74) is 26.2. The molecule has 0 atom stereocenters. The molecule has 0 radical (unpaired) electrons. The van der Waals surface area contributed by atoms with Gasteiger partial charge in [-0.15, -0.1) is 0 Å². The van der Waals surface area contributed by atoms with Crippen molar-refractivity contribution >= 4 is 88.9 Å². The minimum absolute atomic E-state index is 0.697. The summed E-state index contributed by atoms with van der Waals surface area (Å²) < 4.78 is 18.3. The van der Waals surface area contributed by atoms with E-state index in [-0.39, 0.29) is 0 Å². The van der Waals surface area contributed by atoms with Gasteiger partial charge in [0.2, 0.25) is 0 Å². The lowest BCUT2D eigenvalue weighted by Gasteiger charge is -2.12. The summed E-state index contributed by atoms with van der Waals surface area (Å²) in [6.45, 7) is 0. The van der Waals surface area contributed by atoms with E-state index in [0.29, 0.717) is 11.6 Å². The smallest absolute Gasteiger partial charge is 0.160 e. The molecule has 0 N–H and O–H groups in total. The Balaban J connectivity index is 0.000000145. The second-order valence-electron chi connectivity index (χ2n) is 24.5. The summed E-state index contributed by atoms with van der Waals surface area (Å²) in [7, 11) is 0. The van der Waals surface area contributed by atoms with Crippen LogP contribution >= 0.6 is 23.5 Å². The highest BCUT2D eigenvalue weighted by Crippen LogP contribution is 2.41. The van der Waals surface area contributed by atoms with Crippen LogP contribution in [-0.4, -0.2) is 47.4 Å². The summed E-state index contributed by atoms with van der Waals surface area (Å²) in [5.74, 6) is 1.41. The van der Waals surface area contributed by atoms with Crippen molar-refractivity contribution in [1.82, 2.24) is 47.4 Å². The molecule has 19 rings (SSSR count). The van der Waals surface area contributed by atoms with Gasteiger partial charge in [0.05, 0.1) is 68.7 Å². The first kappa shape index (κ1) is 59.5. The van der Waals surface area contributed by atoms with Gasteiger partial charge >= 0.3 is 0 Å². The minimum Gasteiger partial charge on any atom is -0.247 e. The largest absolute Gasteiger partial charge is 0.247 e. The molecule has 0 aliphatic carbocycles. The quantitative estimate of drug-likeness (QED) is 0.115. The van der Waals surface area contributed by atoms with Crippen molar-refractivity contribution in [2.24, 2.45) is 0 Å². The maximum atomic E-state index is 5.13. The van der Waals surface area contributed by atoms with Crippen molar-refractivity contribution in [1.29, 1.82) is 0 Å². The zero-order chi connectivity index (χ0) is 66.3. The van der Waals surface area contributed by atoms with E-state index in [4.69, 9.17) is 29.9 Å². The average molecular weight is 1320 g/mol. The number of hydrogen-bond acceptors (Lipinski definition) is 12. The molecule has 0 unspecified atom stereocenters. The fourth-order valence-corrected chi connectivity index (χ4v) is 14.4. The van der Waals surface area contributed by atoms with E-state index in [1.165, 1.54) is 29.0 Å². The topological polar surface area (TPSA) is 129 Å². The Morgan fingerprint density at radius 1 is 0.180 bits per heavy atom. The molecule has 6 heterocycles. The molecule has 0 saturated heterocycles. The standard InChI is InChI=1S/C47H29N5S.C41H25N5S/c1-3-9-30(10-4-1)31-19-25-37(26-20-31)47-49-42(34-11-5-2-6-12-34)29-43(50-47)35-21-15-32(16-22-35)33-17-23-36(24-18-33)45-39-27-28-41-46(52-53-51-41)44(39)38-13-7-8-14-40(38)48-45;1-3-9-28(10-4-1)36-25-37(44-41(43-36)31-11-5-2-6-12-31)29-19-15-26(16-20-29)27-17-21-30(22-18-27)39-33-23-24-35-40(46-47-45-35)38(33)32-13-7-8-14-34(32)42-39/h1-29H;1-25H. The number of para-hydroxylation sites is 2. The monoisotopic (exact) mass is 1310 g/mol. The Labute approximate surface area is 583 Å². The number of fused-ring (bicyclic) bond motifs is 10. The Bertz CT molecular complexity index is 6160. The molecule has 10 nitrogen and oxygen atoms in total. The van der Waals surface area contributed by atoms with E-state index in [1.54, 1.807) is 0 Å². The summed E-state index contributed by atoms with van der Waals surface area (Å²) in [6.07, 6.45) is 0. The predicted molar refractivity (Wildman–Crippen MR) is 411 cm³/mol. The van der Waals surface area contributed by atoms with Crippen LogP contribution in [0.2, 0.25) is 0 Å². The Morgan fingerprint density at radius 2 is 0.450 bits per heavy atom. The average Bonchev–Trinajstić information content (AvgIpc) is 1.27. The fourth-order valence-electron chi connectivity index (χ4n) is 13.3. The van der Waals surface area contributed by atoms with Crippen LogP contribution in [0.3, 0.4) is 0 Å². The Hall–Kier alpha value is -13.0. The predicted octanol–water partition coefficient (Wildman–Crippen LogP) is 22.7. The van der Waals surface area contributed by atoms with E-state index in [1.807, 2.05) is 97.1 Å². The highest BCUT2D eigenvalue weighted by atomic mass is 32.1. The SMILES string of the molecule is c1ccc(-c2cc(-c3ccc(-c4ccc(-c5nc6ccccc6c6c5ccc5nsnc56)cc4)cc3)nc(-c3ccccc3)n2)cc1.c1ccc(-c2ccc(-c3nc(-c4ccccc4)cc(-c4ccc(-c5ccc(-c6nc7ccccc7c7c6ccc6nsnc67)cc5)cc4)n3)cc2)cc1. The van der Waals surface area contributed by atoms with Crippen molar-refractivity contribution in [3.05, 3.63) is 328 Å². The van der Waals surface area contributed by atoms with E-state index in [9.17, 15) is 0 Å². The van der Waals surface area contributed by atoms with Gasteiger partial charge < -0.3 is 0 Å². The van der Waals surface area contributed by atoms with Gasteiger partial charge in [0.1, 0.15) is 22.1 Å². The number of rotatable bonds is 11. The van der Waals surface area contributed by atoms with Gasteiger partial charge in [-0.3, -0.25) is 0 Å². The highest BCUT2D eigenvalue weighted by Gasteiger charge is 2.19. The number of hydrogen-bond donors (Lipinski definition) is 0. The summed E-state index contributed by atoms with van der Waals surface area (Å²) in [6, 6.07) is 113. The van der Waals surface area contributed by atoms with Gasteiger partial charge in [-0.1, -0.05) is 279 Å². The van der Waals surface area contributed by atoms with Gasteiger partial charge in [0, 0.05) is 76.8 Å². The zero-order valence-electron chi connectivity index (χ0n) is 53.5. The molecule has 19 aromatic rings. The third-order valence-electron chi connectivity index (χ3n) is 18.4. The highest BCUT2D eigenvalue weighted by molar-refractivity contribution is 7.00. The summed E-state index contributed by atoms with van der Waals surface area (Å²) in [4.78, 5) is 30.3. The van der Waals surface area contributed by atoms with Crippen molar-refractivity contribution in [2.45, 2.75) is 0 Å². The number of pyridine rings is 2. The molecule has 0 aliphatic rings. The number of aromatic nitrogens is 10. The molecule has 12 heteroatoms. The van der Waals surface area contributed by atoms with E-state index >= 15 is 0 Å². The van der Waals surface area contributed by atoms with Gasteiger partial charge in [0.15, 0.2) is 11.6 Å². The van der Waals surface area contributed by atoms with E-state index in [0.717, 1.165) is 172 Å². The lowest BCUT2D eigenvalue weighted by atomic mass is 9.97. The van der Waals surface area contributed by atoms with Crippen LogP contribution in [0.25, 0.3) is 189 Å². The minimum atomic E-state index is 0.697. The van der Waals surface area contributed by atoms with Crippen molar-refractivity contribution in [3.63, 3.8) is 0 Å². The van der Waals surface area contributed by atoms with Crippen LogP contribution < -0.4 is 0 Å². The molecule has 6 aromatic heterocycles. The van der Waals surface area contributed by atoms with Gasteiger partial charge in [-0.25, -0.2) is 29.9 Å². The molecular weight excluding hydrogens is 1260 g/mol. The van der Waals surface area contributed by atoms with E-state index in [2.05, 4.69) is 248 Å². The molecule has 0 bridgehead atoms. The van der Waals surface area contributed by atoms with E-state index < -0.39 is 0 Å². The van der Waals surface area contributed by atoms with Gasteiger partial charge in [-0.2, -0.15) is 17.5 Å². The van der Waals surface area contributed by atoms with Crippen LogP contribution in [0.5, 0.6) is 0 Å². The third-order valence-corrected chi connectivity index (χ3v) is 19.5. The zero-order valence-corrected chi connectivity index (χ0v) is 55.1. The van der Waals surface area contributed by atoms with Crippen LogP contribution in [0, 0.1) is 0 Å². The molecule has 100 heavy (non-hydrogen) atoms. The maximum absolute atomic E-state index is 5.13. The van der Waals surface area contributed by atoms with Gasteiger partial charge in [0.25, 0.3) is 0 Å². The molecule has 13 aromatic carbocycles. The molecule has 0 fully saturated rings. The molecule has 0 amide bonds.